The number of rotatable bonds is 6. The summed E-state index contributed by atoms with van der Waals surface area (Å²) in [5, 5.41) is 10.0. The van der Waals surface area contributed by atoms with E-state index in [1.54, 1.807) is 31.3 Å². The van der Waals surface area contributed by atoms with Crippen molar-refractivity contribution in [2.75, 3.05) is 5.32 Å². The van der Waals surface area contributed by atoms with Gasteiger partial charge in [-0.2, -0.15) is 5.10 Å². The Kier molecular flexibility index (Phi) is 5.80. The zero-order chi connectivity index (χ0) is 22.7. The lowest BCUT2D eigenvalue weighted by Gasteiger charge is -2.16. The lowest BCUT2D eigenvalue weighted by molar-refractivity contribution is -0.116. The fourth-order valence-corrected chi connectivity index (χ4v) is 3.41. The number of nitrogens with zero attached hydrogens (tertiary/aromatic N) is 4. The highest BCUT2D eigenvalue weighted by atomic mass is 16.2. The second kappa shape index (κ2) is 8.84. The molecule has 2 aromatic carbocycles. The van der Waals surface area contributed by atoms with Gasteiger partial charge in [0.1, 0.15) is 18.3 Å². The second-order valence-corrected chi connectivity index (χ2v) is 7.38. The maximum Gasteiger partial charge on any atom is 0.264 e. The van der Waals surface area contributed by atoms with E-state index in [2.05, 4.69) is 20.7 Å². The van der Waals surface area contributed by atoms with Gasteiger partial charge in [0, 0.05) is 7.05 Å². The van der Waals surface area contributed by atoms with Gasteiger partial charge in [-0.25, -0.2) is 4.98 Å². The summed E-state index contributed by atoms with van der Waals surface area (Å²) in [6, 6.07) is 16.1. The van der Waals surface area contributed by atoms with Gasteiger partial charge < -0.3 is 10.6 Å². The van der Waals surface area contributed by atoms with Crippen LogP contribution in [0.25, 0.3) is 11.0 Å². The van der Waals surface area contributed by atoms with Gasteiger partial charge in [0.2, 0.25) is 5.91 Å². The molecule has 9 heteroatoms. The zero-order valence-electron chi connectivity index (χ0n) is 17.6. The van der Waals surface area contributed by atoms with Crippen LogP contribution in [-0.4, -0.2) is 31.1 Å². The molecule has 2 N–H and O–H groups in total. The second-order valence-electron chi connectivity index (χ2n) is 7.38. The van der Waals surface area contributed by atoms with Gasteiger partial charge >= 0.3 is 0 Å². The van der Waals surface area contributed by atoms with Gasteiger partial charge in [-0.3, -0.25) is 23.6 Å². The number of hydrogen-bond acceptors (Lipinski definition) is 5. The molecule has 4 aromatic rings. The third kappa shape index (κ3) is 4.27. The van der Waals surface area contributed by atoms with E-state index in [0.717, 1.165) is 5.56 Å². The molecule has 1 atom stereocenters. The molecule has 2 aromatic heterocycles. The molecule has 0 bridgehead atoms. The van der Waals surface area contributed by atoms with E-state index in [-0.39, 0.29) is 24.1 Å². The molecule has 162 valence electrons. The normalized spacial score (nSPS) is 11.8. The number of aromatic nitrogens is 4. The van der Waals surface area contributed by atoms with E-state index >= 15 is 0 Å². The van der Waals surface area contributed by atoms with Crippen LogP contribution in [-0.2, 0) is 18.4 Å². The Morgan fingerprint density at radius 1 is 1.06 bits per heavy atom. The van der Waals surface area contributed by atoms with Crippen LogP contribution in [0.15, 0.2) is 71.9 Å². The fraction of sp³-hybridized carbons (Fsp3) is 0.174. The molecule has 9 nitrogen and oxygen atoms in total. The van der Waals surface area contributed by atoms with Crippen LogP contribution in [0.3, 0.4) is 0 Å². The summed E-state index contributed by atoms with van der Waals surface area (Å²) < 4.78 is 2.70. The summed E-state index contributed by atoms with van der Waals surface area (Å²) in [5.74, 6) is -0.763. The van der Waals surface area contributed by atoms with Crippen molar-refractivity contribution in [3.8, 4) is 0 Å². The van der Waals surface area contributed by atoms with Gasteiger partial charge in [-0.15, -0.1) is 0 Å². The van der Waals surface area contributed by atoms with Crippen molar-refractivity contribution < 1.29 is 9.59 Å². The van der Waals surface area contributed by atoms with Crippen LogP contribution < -0.4 is 16.2 Å². The fourth-order valence-electron chi connectivity index (χ4n) is 3.41. The lowest BCUT2D eigenvalue weighted by Crippen LogP contribution is -2.30. The number of aryl methyl sites for hydroxylation is 1. The molecule has 2 heterocycles. The van der Waals surface area contributed by atoms with Gasteiger partial charge in [0.15, 0.2) is 5.65 Å². The van der Waals surface area contributed by atoms with E-state index in [4.69, 9.17) is 0 Å². The Morgan fingerprint density at radius 2 is 1.78 bits per heavy atom. The quantitative estimate of drug-likeness (QED) is 0.487. The smallest absolute Gasteiger partial charge is 0.264 e. The van der Waals surface area contributed by atoms with Crippen molar-refractivity contribution in [3.63, 3.8) is 0 Å². The number of fused-ring (bicyclic) bond motifs is 1. The van der Waals surface area contributed by atoms with Crippen LogP contribution >= 0.6 is 0 Å². The number of para-hydroxylation sites is 1. The zero-order valence-corrected chi connectivity index (χ0v) is 17.6. The summed E-state index contributed by atoms with van der Waals surface area (Å²) in [4.78, 5) is 42.3. The number of hydrogen-bond donors (Lipinski definition) is 2. The van der Waals surface area contributed by atoms with Crippen molar-refractivity contribution >= 4 is 28.5 Å². The number of carbonyl (C=O) groups is 2. The van der Waals surface area contributed by atoms with Crippen LogP contribution in [0.5, 0.6) is 0 Å². The third-order valence-corrected chi connectivity index (χ3v) is 5.13. The molecule has 0 fully saturated rings. The largest absolute Gasteiger partial charge is 0.345 e. The molecular weight excluding hydrogens is 408 g/mol. The van der Waals surface area contributed by atoms with E-state index in [9.17, 15) is 14.4 Å². The average molecular weight is 430 g/mol. The molecule has 0 unspecified atom stereocenters. The van der Waals surface area contributed by atoms with Crippen LogP contribution in [0, 0.1) is 0 Å². The van der Waals surface area contributed by atoms with Crippen molar-refractivity contribution in [2.45, 2.75) is 19.5 Å². The maximum absolute atomic E-state index is 12.9. The Hall–Kier alpha value is -4.27. The van der Waals surface area contributed by atoms with Crippen molar-refractivity contribution in [1.29, 1.82) is 0 Å². The highest BCUT2D eigenvalue weighted by Gasteiger charge is 2.17. The molecule has 32 heavy (non-hydrogen) atoms. The summed E-state index contributed by atoms with van der Waals surface area (Å²) >= 11 is 0. The van der Waals surface area contributed by atoms with Gasteiger partial charge in [0.05, 0.1) is 23.5 Å². The third-order valence-electron chi connectivity index (χ3n) is 5.13. The van der Waals surface area contributed by atoms with Gasteiger partial charge in [0.25, 0.3) is 11.5 Å². The van der Waals surface area contributed by atoms with Crippen LogP contribution in [0.2, 0.25) is 0 Å². The lowest BCUT2D eigenvalue weighted by atomic mass is 10.1. The van der Waals surface area contributed by atoms with Gasteiger partial charge in [-0.1, -0.05) is 42.5 Å². The van der Waals surface area contributed by atoms with E-state index in [1.165, 1.54) is 21.8 Å². The molecule has 0 saturated carbocycles. The molecule has 2 amide bonds. The number of anilines is 1. The first-order valence-corrected chi connectivity index (χ1v) is 10.1. The topological polar surface area (TPSA) is 111 Å². The maximum atomic E-state index is 12.9. The van der Waals surface area contributed by atoms with Crippen LogP contribution in [0.1, 0.15) is 28.9 Å². The number of amides is 2. The van der Waals surface area contributed by atoms with Crippen molar-refractivity contribution in [1.82, 2.24) is 24.6 Å². The molecular formula is C23H22N6O3. The Morgan fingerprint density at radius 3 is 2.56 bits per heavy atom. The SMILES string of the molecule is C[C@H](NC(=O)c1ccccc1NC(=O)Cn1cnc2c(cnn2C)c1=O)c1ccccc1. The van der Waals surface area contributed by atoms with E-state index < -0.39 is 5.91 Å². The minimum absolute atomic E-state index is 0.205. The van der Waals surface area contributed by atoms with E-state index in [1.807, 2.05) is 37.3 Å². The molecule has 0 aliphatic carbocycles. The Labute approximate surface area is 183 Å². The predicted octanol–water partition coefficient (Wildman–Crippen LogP) is 2.26. The first kappa shape index (κ1) is 21.0. The molecule has 0 radical (unpaired) electrons. The van der Waals surface area contributed by atoms with E-state index in [0.29, 0.717) is 22.3 Å². The minimum Gasteiger partial charge on any atom is -0.345 e. The summed E-state index contributed by atoms with van der Waals surface area (Å²) in [6.45, 7) is 1.65. The number of carbonyl (C=O) groups excluding carboxylic acids is 2. The monoisotopic (exact) mass is 430 g/mol. The van der Waals surface area contributed by atoms with Crippen molar-refractivity contribution in [3.05, 3.63) is 88.6 Å². The van der Waals surface area contributed by atoms with Gasteiger partial charge in [-0.05, 0) is 24.6 Å². The first-order chi connectivity index (χ1) is 15.4. The standard InChI is InChI=1S/C23H22N6O3/c1-15(16-8-4-3-5-9-16)26-22(31)17-10-6-7-11-19(17)27-20(30)13-29-14-24-21-18(23(29)32)12-25-28(21)2/h3-12,14-15H,13H2,1-2H3,(H,26,31)(H,27,30)/t15-/m0/s1. The molecule has 0 saturated heterocycles. The summed E-state index contributed by atoms with van der Waals surface area (Å²) in [7, 11) is 1.69. The highest BCUT2D eigenvalue weighted by molar-refractivity contribution is 6.03. The minimum atomic E-state index is -0.450. The summed E-state index contributed by atoms with van der Waals surface area (Å²) in [6.07, 6.45) is 2.73. The van der Waals surface area contributed by atoms with Crippen LogP contribution in [0.4, 0.5) is 5.69 Å². The number of benzene rings is 2. The molecule has 4 rings (SSSR count). The highest BCUT2D eigenvalue weighted by Crippen LogP contribution is 2.18. The Bertz CT molecular complexity index is 1340. The van der Waals surface area contributed by atoms with Crippen molar-refractivity contribution in [2.24, 2.45) is 7.05 Å². The first-order valence-electron chi connectivity index (χ1n) is 10.1. The average Bonchev–Trinajstić information content (AvgIpc) is 3.18. The predicted molar refractivity (Wildman–Crippen MR) is 120 cm³/mol. The number of nitrogens with one attached hydrogen (secondary N) is 2. The molecule has 0 aliphatic rings. The molecule has 0 aliphatic heterocycles. The summed E-state index contributed by atoms with van der Waals surface area (Å²) in [5.41, 5.74) is 1.75. The Balaban J connectivity index is 1.49. The molecule has 0 spiro atoms.